The fraction of sp³-hybridized carbons (Fsp3) is 0.150. The second-order valence-electron chi connectivity index (χ2n) is 5.99. The second kappa shape index (κ2) is 8.18. The highest BCUT2D eigenvalue weighted by atomic mass is 32.2. The normalized spacial score (nSPS) is 11.0. The fourth-order valence-electron chi connectivity index (χ4n) is 2.64. The van der Waals surface area contributed by atoms with Gasteiger partial charge in [0.15, 0.2) is 0 Å². The standard InChI is InChI=1S/C20H21N3O4S/c1-14-6-4-5-7-19(14)28(24,25)23-15-8-11-20(21-13-15)22-17-10-9-16(26-2)12-18(17)27-3/h4-13,23H,1-3H3,(H,21,22). The lowest BCUT2D eigenvalue weighted by atomic mass is 10.2. The number of rotatable bonds is 7. The molecular formula is C20H21N3O4S. The smallest absolute Gasteiger partial charge is 0.262 e. The summed E-state index contributed by atoms with van der Waals surface area (Å²) in [7, 11) is -0.529. The largest absolute Gasteiger partial charge is 0.497 e. The molecule has 1 heterocycles. The van der Waals surface area contributed by atoms with Gasteiger partial charge in [-0.05, 0) is 42.8 Å². The number of methoxy groups -OCH3 is 2. The molecule has 0 bridgehead atoms. The Hall–Kier alpha value is -3.26. The Bertz CT molecular complexity index is 1070. The first-order valence-corrected chi connectivity index (χ1v) is 9.95. The number of ether oxygens (including phenoxy) is 2. The number of benzene rings is 2. The molecule has 8 heteroatoms. The number of aromatic nitrogens is 1. The molecule has 0 amide bonds. The number of nitrogens with zero attached hydrogens (tertiary/aromatic N) is 1. The van der Waals surface area contributed by atoms with Crippen molar-refractivity contribution in [1.29, 1.82) is 0 Å². The number of nitrogens with one attached hydrogen (secondary N) is 2. The van der Waals surface area contributed by atoms with Crippen molar-refractivity contribution in [3.63, 3.8) is 0 Å². The minimum atomic E-state index is -3.68. The first-order chi connectivity index (χ1) is 13.4. The van der Waals surface area contributed by atoms with Crippen molar-refractivity contribution in [2.24, 2.45) is 0 Å². The topological polar surface area (TPSA) is 89.6 Å². The number of pyridine rings is 1. The Kier molecular flexibility index (Phi) is 5.70. The highest BCUT2D eigenvalue weighted by molar-refractivity contribution is 7.92. The fourth-order valence-corrected chi connectivity index (χ4v) is 3.93. The van der Waals surface area contributed by atoms with E-state index in [0.717, 1.165) is 0 Å². The zero-order valence-electron chi connectivity index (χ0n) is 15.8. The molecule has 0 spiro atoms. The molecule has 28 heavy (non-hydrogen) atoms. The molecule has 0 radical (unpaired) electrons. The molecule has 0 unspecified atom stereocenters. The van der Waals surface area contributed by atoms with Gasteiger partial charge in [-0.1, -0.05) is 18.2 Å². The molecular weight excluding hydrogens is 378 g/mol. The van der Waals surface area contributed by atoms with Crippen molar-refractivity contribution >= 4 is 27.2 Å². The van der Waals surface area contributed by atoms with Crippen molar-refractivity contribution in [3.8, 4) is 11.5 Å². The minimum Gasteiger partial charge on any atom is -0.497 e. The van der Waals surface area contributed by atoms with Gasteiger partial charge in [0.2, 0.25) is 0 Å². The molecule has 7 nitrogen and oxygen atoms in total. The quantitative estimate of drug-likeness (QED) is 0.625. The van der Waals surface area contributed by atoms with Crippen LogP contribution in [0.5, 0.6) is 11.5 Å². The average molecular weight is 399 g/mol. The average Bonchev–Trinajstić information content (AvgIpc) is 2.69. The van der Waals surface area contributed by atoms with Gasteiger partial charge in [0, 0.05) is 6.07 Å². The van der Waals surface area contributed by atoms with E-state index in [2.05, 4.69) is 15.0 Å². The van der Waals surface area contributed by atoms with Crippen LogP contribution in [-0.2, 0) is 10.0 Å². The lowest BCUT2D eigenvalue weighted by Crippen LogP contribution is -2.14. The number of hydrogen-bond donors (Lipinski definition) is 2. The van der Waals surface area contributed by atoms with Crippen molar-refractivity contribution < 1.29 is 17.9 Å². The van der Waals surface area contributed by atoms with Crippen molar-refractivity contribution in [2.45, 2.75) is 11.8 Å². The maximum absolute atomic E-state index is 12.6. The van der Waals surface area contributed by atoms with Crippen LogP contribution >= 0.6 is 0 Å². The van der Waals surface area contributed by atoms with Crippen LogP contribution < -0.4 is 19.5 Å². The van der Waals surface area contributed by atoms with E-state index in [1.807, 2.05) is 6.07 Å². The number of hydrogen-bond acceptors (Lipinski definition) is 6. The molecule has 0 saturated carbocycles. The summed E-state index contributed by atoms with van der Waals surface area (Å²) in [6.45, 7) is 1.75. The van der Waals surface area contributed by atoms with Crippen LogP contribution in [0.4, 0.5) is 17.2 Å². The highest BCUT2D eigenvalue weighted by Gasteiger charge is 2.16. The third kappa shape index (κ3) is 4.34. The van der Waals surface area contributed by atoms with Crippen LogP contribution in [0.3, 0.4) is 0 Å². The lowest BCUT2D eigenvalue weighted by Gasteiger charge is -2.13. The van der Waals surface area contributed by atoms with Gasteiger partial charge in [0.05, 0.1) is 36.7 Å². The maximum atomic E-state index is 12.6. The number of anilines is 3. The second-order valence-corrected chi connectivity index (χ2v) is 7.65. The molecule has 0 aliphatic rings. The van der Waals surface area contributed by atoms with E-state index in [-0.39, 0.29) is 4.90 Å². The first-order valence-electron chi connectivity index (χ1n) is 8.46. The van der Waals surface area contributed by atoms with Crippen molar-refractivity contribution in [3.05, 3.63) is 66.4 Å². The Morgan fingerprint density at radius 2 is 1.75 bits per heavy atom. The monoisotopic (exact) mass is 399 g/mol. The lowest BCUT2D eigenvalue weighted by molar-refractivity contribution is 0.395. The Morgan fingerprint density at radius 3 is 2.39 bits per heavy atom. The van der Waals surface area contributed by atoms with Gasteiger partial charge >= 0.3 is 0 Å². The SMILES string of the molecule is COc1ccc(Nc2ccc(NS(=O)(=O)c3ccccc3C)cn2)c(OC)c1. The van der Waals surface area contributed by atoms with Crippen LogP contribution in [0.15, 0.2) is 65.7 Å². The molecule has 2 N–H and O–H groups in total. The molecule has 0 saturated heterocycles. The molecule has 3 aromatic rings. The van der Waals surface area contributed by atoms with Gasteiger partial charge in [0.25, 0.3) is 10.0 Å². The minimum absolute atomic E-state index is 0.236. The Balaban J connectivity index is 1.76. The molecule has 0 aliphatic carbocycles. The predicted molar refractivity (Wildman–Crippen MR) is 109 cm³/mol. The van der Waals surface area contributed by atoms with Crippen molar-refractivity contribution in [1.82, 2.24) is 4.98 Å². The molecule has 0 fully saturated rings. The van der Waals surface area contributed by atoms with Crippen LogP contribution in [0, 0.1) is 6.92 Å². The summed E-state index contributed by atoms with van der Waals surface area (Å²) < 4.78 is 38.2. The van der Waals surface area contributed by atoms with Gasteiger partial charge in [-0.2, -0.15) is 0 Å². The van der Waals surface area contributed by atoms with E-state index in [1.54, 1.807) is 69.7 Å². The van der Waals surface area contributed by atoms with E-state index in [1.165, 1.54) is 6.20 Å². The van der Waals surface area contributed by atoms with Crippen LogP contribution in [-0.4, -0.2) is 27.6 Å². The number of sulfonamides is 1. The van der Waals surface area contributed by atoms with E-state index in [4.69, 9.17) is 9.47 Å². The van der Waals surface area contributed by atoms with Gasteiger partial charge in [-0.15, -0.1) is 0 Å². The van der Waals surface area contributed by atoms with Crippen LogP contribution in [0.25, 0.3) is 0 Å². The summed E-state index contributed by atoms with van der Waals surface area (Å²) in [4.78, 5) is 4.50. The first kappa shape index (κ1) is 19.5. The van der Waals surface area contributed by atoms with Gasteiger partial charge in [0.1, 0.15) is 17.3 Å². The zero-order chi connectivity index (χ0) is 20.1. The molecule has 3 rings (SSSR count). The van der Waals surface area contributed by atoms with E-state index in [0.29, 0.717) is 34.3 Å². The summed E-state index contributed by atoms with van der Waals surface area (Å²) in [5, 5.41) is 3.14. The molecule has 1 aromatic heterocycles. The summed E-state index contributed by atoms with van der Waals surface area (Å²) in [5.41, 5.74) is 1.76. The highest BCUT2D eigenvalue weighted by Crippen LogP contribution is 2.31. The Morgan fingerprint density at radius 1 is 0.964 bits per heavy atom. The predicted octanol–water partition coefficient (Wildman–Crippen LogP) is 3.95. The maximum Gasteiger partial charge on any atom is 0.262 e. The molecule has 0 aliphatic heterocycles. The van der Waals surface area contributed by atoms with Crippen molar-refractivity contribution in [2.75, 3.05) is 24.3 Å². The molecule has 146 valence electrons. The van der Waals surface area contributed by atoms with Crippen LogP contribution in [0.2, 0.25) is 0 Å². The molecule has 0 atom stereocenters. The van der Waals surface area contributed by atoms with E-state index in [9.17, 15) is 8.42 Å². The van der Waals surface area contributed by atoms with Crippen LogP contribution in [0.1, 0.15) is 5.56 Å². The summed E-state index contributed by atoms with van der Waals surface area (Å²) in [6, 6.07) is 15.5. The number of aryl methyl sites for hydroxylation is 1. The summed E-state index contributed by atoms with van der Waals surface area (Å²) in [5.74, 6) is 1.82. The third-order valence-corrected chi connectivity index (χ3v) is 5.61. The van der Waals surface area contributed by atoms with Gasteiger partial charge < -0.3 is 14.8 Å². The molecule has 2 aromatic carbocycles. The summed E-state index contributed by atoms with van der Waals surface area (Å²) in [6.07, 6.45) is 1.45. The zero-order valence-corrected chi connectivity index (χ0v) is 16.6. The third-order valence-electron chi connectivity index (χ3n) is 4.07. The van der Waals surface area contributed by atoms with E-state index >= 15 is 0 Å². The van der Waals surface area contributed by atoms with E-state index < -0.39 is 10.0 Å². The Labute approximate surface area is 164 Å². The summed E-state index contributed by atoms with van der Waals surface area (Å²) >= 11 is 0. The van der Waals surface area contributed by atoms with Gasteiger partial charge in [-0.25, -0.2) is 13.4 Å². The van der Waals surface area contributed by atoms with Gasteiger partial charge in [-0.3, -0.25) is 4.72 Å².